The SMILES string of the molecule is CCCC(Br)Cc1cc(C)ncn1. The van der Waals surface area contributed by atoms with Gasteiger partial charge in [-0.15, -0.1) is 0 Å². The van der Waals surface area contributed by atoms with Crippen LogP contribution in [0.5, 0.6) is 0 Å². The highest BCUT2D eigenvalue weighted by Crippen LogP contribution is 2.13. The van der Waals surface area contributed by atoms with Gasteiger partial charge in [0.25, 0.3) is 0 Å². The maximum absolute atomic E-state index is 4.22. The summed E-state index contributed by atoms with van der Waals surface area (Å²) in [5, 5.41) is 0. The number of hydrogen-bond donors (Lipinski definition) is 0. The van der Waals surface area contributed by atoms with E-state index >= 15 is 0 Å². The van der Waals surface area contributed by atoms with Gasteiger partial charge in [-0.2, -0.15) is 0 Å². The van der Waals surface area contributed by atoms with Crippen LogP contribution >= 0.6 is 15.9 Å². The zero-order valence-electron chi connectivity index (χ0n) is 8.13. The first-order chi connectivity index (χ1) is 6.22. The van der Waals surface area contributed by atoms with Crippen molar-refractivity contribution >= 4 is 15.9 Å². The Kier molecular flexibility index (Phi) is 4.36. The van der Waals surface area contributed by atoms with Crippen LogP contribution < -0.4 is 0 Å². The highest BCUT2D eigenvalue weighted by Gasteiger charge is 2.05. The van der Waals surface area contributed by atoms with Crippen LogP contribution in [0.4, 0.5) is 0 Å². The van der Waals surface area contributed by atoms with Gasteiger partial charge in [-0.3, -0.25) is 0 Å². The molecule has 0 spiro atoms. The molecule has 1 aromatic rings. The Bertz CT molecular complexity index is 263. The number of alkyl halides is 1. The minimum atomic E-state index is 0.548. The van der Waals surface area contributed by atoms with Crippen molar-refractivity contribution in [2.24, 2.45) is 0 Å². The molecule has 1 unspecified atom stereocenters. The van der Waals surface area contributed by atoms with E-state index in [9.17, 15) is 0 Å². The molecule has 0 aliphatic rings. The molecule has 0 aliphatic heterocycles. The summed E-state index contributed by atoms with van der Waals surface area (Å²) in [6.07, 6.45) is 5.04. The van der Waals surface area contributed by atoms with Gasteiger partial charge in [-0.25, -0.2) is 9.97 Å². The molecular weight excluding hydrogens is 228 g/mol. The fourth-order valence-corrected chi connectivity index (χ4v) is 2.05. The summed E-state index contributed by atoms with van der Waals surface area (Å²) in [4.78, 5) is 8.84. The number of nitrogens with zero attached hydrogens (tertiary/aromatic N) is 2. The third-order valence-corrected chi connectivity index (χ3v) is 2.67. The fourth-order valence-electron chi connectivity index (χ4n) is 1.26. The van der Waals surface area contributed by atoms with Crippen molar-refractivity contribution in [3.8, 4) is 0 Å². The predicted molar refractivity (Wildman–Crippen MR) is 58.1 cm³/mol. The molecule has 0 saturated heterocycles. The summed E-state index contributed by atoms with van der Waals surface area (Å²) in [6.45, 7) is 4.19. The number of aromatic nitrogens is 2. The average Bonchev–Trinajstić information content (AvgIpc) is 2.04. The van der Waals surface area contributed by atoms with Crippen LogP contribution in [0.15, 0.2) is 12.4 Å². The van der Waals surface area contributed by atoms with E-state index < -0.39 is 0 Å². The summed E-state index contributed by atoms with van der Waals surface area (Å²) >= 11 is 3.64. The topological polar surface area (TPSA) is 25.8 Å². The summed E-state index contributed by atoms with van der Waals surface area (Å²) < 4.78 is 0. The molecular formula is C10H15BrN2. The average molecular weight is 243 g/mol. The summed E-state index contributed by atoms with van der Waals surface area (Å²) in [5.41, 5.74) is 2.17. The van der Waals surface area contributed by atoms with Crippen LogP contribution in [0.1, 0.15) is 31.2 Å². The first-order valence-electron chi connectivity index (χ1n) is 4.64. The molecule has 1 aromatic heterocycles. The predicted octanol–water partition coefficient (Wildman–Crippen LogP) is 2.89. The van der Waals surface area contributed by atoms with E-state index in [2.05, 4.69) is 32.8 Å². The van der Waals surface area contributed by atoms with Crippen LogP contribution in [-0.2, 0) is 6.42 Å². The van der Waals surface area contributed by atoms with Crippen LogP contribution in [0.25, 0.3) is 0 Å². The number of aryl methyl sites for hydroxylation is 1. The molecule has 1 heterocycles. The maximum Gasteiger partial charge on any atom is 0.115 e. The van der Waals surface area contributed by atoms with Crippen LogP contribution in [-0.4, -0.2) is 14.8 Å². The monoisotopic (exact) mass is 242 g/mol. The second kappa shape index (κ2) is 5.32. The minimum absolute atomic E-state index is 0.548. The fraction of sp³-hybridized carbons (Fsp3) is 0.600. The third-order valence-electron chi connectivity index (χ3n) is 1.89. The Morgan fingerprint density at radius 3 is 2.85 bits per heavy atom. The molecule has 1 atom stereocenters. The Hall–Kier alpha value is -0.440. The molecule has 0 aliphatic carbocycles. The van der Waals surface area contributed by atoms with Crippen molar-refractivity contribution in [3.63, 3.8) is 0 Å². The van der Waals surface area contributed by atoms with E-state index in [1.807, 2.05) is 13.0 Å². The lowest BCUT2D eigenvalue weighted by molar-refractivity contribution is 0.731. The number of rotatable bonds is 4. The summed E-state index contributed by atoms with van der Waals surface area (Å²) in [6, 6.07) is 2.05. The molecule has 72 valence electrons. The minimum Gasteiger partial charge on any atom is -0.242 e. The van der Waals surface area contributed by atoms with E-state index in [1.54, 1.807) is 6.33 Å². The first-order valence-corrected chi connectivity index (χ1v) is 5.55. The zero-order chi connectivity index (χ0) is 9.68. The van der Waals surface area contributed by atoms with Gasteiger partial charge < -0.3 is 0 Å². The lowest BCUT2D eigenvalue weighted by Gasteiger charge is -2.07. The Morgan fingerprint density at radius 1 is 1.46 bits per heavy atom. The first kappa shape index (κ1) is 10.6. The molecule has 0 saturated carbocycles. The van der Waals surface area contributed by atoms with E-state index in [1.165, 1.54) is 12.8 Å². The van der Waals surface area contributed by atoms with Crippen molar-refractivity contribution in [2.75, 3.05) is 0 Å². The van der Waals surface area contributed by atoms with E-state index in [-0.39, 0.29) is 0 Å². The van der Waals surface area contributed by atoms with Crippen molar-refractivity contribution < 1.29 is 0 Å². The van der Waals surface area contributed by atoms with Gasteiger partial charge in [0.05, 0.1) is 0 Å². The van der Waals surface area contributed by atoms with Crippen LogP contribution in [0, 0.1) is 6.92 Å². The highest BCUT2D eigenvalue weighted by molar-refractivity contribution is 9.09. The van der Waals surface area contributed by atoms with E-state index in [4.69, 9.17) is 0 Å². The number of hydrogen-bond acceptors (Lipinski definition) is 2. The largest absolute Gasteiger partial charge is 0.242 e. The van der Waals surface area contributed by atoms with Gasteiger partial charge >= 0.3 is 0 Å². The molecule has 2 nitrogen and oxygen atoms in total. The standard InChI is InChI=1S/C10H15BrN2/c1-3-4-9(11)6-10-5-8(2)12-7-13-10/h5,7,9H,3-4,6H2,1-2H3. The summed E-state index contributed by atoms with van der Waals surface area (Å²) in [5.74, 6) is 0. The molecule has 0 radical (unpaired) electrons. The second-order valence-corrected chi connectivity index (χ2v) is 4.54. The zero-order valence-corrected chi connectivity index (χ0v) is 9.71. The molecule has 0 amide bonds. The highest BCUT2D eigenvalue weighted by atomic mass is 79.9. The molecule has 0 aromatic carbocycles. The molecule has 0 fully saturated rings. The lowest BCUT2D eigenvalue weighted by Crippen LogP contribution is -2.04. The van der Waals surface area contributed by atoms with Gasteiger partial charge in [-0.05, 0) is 19.4 Å². The van der Waals surface area contributed by atoms with Gasteiger partial charge in [0.1, 0.15) is 6.33 Å². The number of halogens is 1. The van der Waals surface area contributed by atoms with Crippen LogP contribution in [0.2, 0.25) is 0 Å². The Morgan fingerprint density at radius 2 is 2.23 bits per heavy atom. The van der Waals surface area contributed by atoms with E-state index in [0.717, 1.165) is 17.8 Å². The maximum atomic E-state index is 4.22. The van der Waals surface area contributed by atoms with Gasteiger partial charge in [-0.1, -0.05) is 29.3 Å². The molecule has 1 rings (SSSR count). The smallest absolute Gasteiger partial charge is 0.115 e. The van der Waals surface area contributed by atoms with Crippen molar-refractivity contribution in [2.45, 2.75) is 37.9 Å². The van der Waals surface area contributed by atoms with Gasteiger partial charge in [0.15, 0.2) is 0 Å². The quantitative estimate of drug-likeness (QED) is 0.760. The third kappa shape index (κ3) is 3.85. The normalized spacial score (nSPS) is 12.8. The van der Waals surface area contributed by atoms with Crippen molar-refractivity contribution in [3.05, 3.63) is 23.8 Å². The second-order valence-electron chi connectivity index (χ2n) is 3.24. The molecule has 13 heavy (non-hydrogen) atoms. The van der Waals surface area contributed by atoms with Crippen molar-refractivity contribution in [1.82, 2.24) is 9.97 Å². The molecule has 0 N–H and O–H groups in total. The Balaban J connectivity index is 2.53. The van der Waals surface area contributed by atoms with Gasteiger partial charge in [0.2, 0.25) is 0 Å². The molecule has 3 heteroatoms. The molecule has 0 bridgehead atoms. The summed E-state index contributed by atoms with van der Waals surface area (Å²) in [7, 11) is 0. The van der Waals surface area contributed by atoms with Crippen LogP contribution in [0.3, 0.4) is 0 Å². The Labute approximate surface area is 87.9 Å². The van der Waals surface area contributed by atoms with Gasteiger partial charge in [0, 0.05) is 22.6 Å². The van der Waals surface area contributed by atoms with E-state index in [0.29, 0.717) is 4.83 Å². The lowest BCUT2D eigenvalue weighted by atomic mass is 10.1. The van der Waals surface area contributed by atoms with Crippen molar-refractivity contribution in [1.29, 1.82) is 0 Å².